The van der Waals surface area contributed by atoms with Gasteiger partial charge in [0.2, 0.25) is 5.91 Å². The molecule has 1 saturated carbocycles. The molecule has 1 heterocycles. The molecule has 2 aliphatic rings. The Hall–Kier alpha value is -1.39. The molecule has 1 aromatic carbocycles. The number of primary amides is 1. The van der Waals surface area contributed by atoms with Crippen LogP contribution in [-0.4, -0.2) is 36.6 Å². The fraction of sp³-hybridized carbons (Fsp3) is 0.562. The second kappa shape index (κ2) is 5.94. The minimum atomic E-state index is -0.353. The van der Waals surface area contributed by atoms with Gasteiger partial charge < -0.3 is 10.5 Å². The standard InChI is InChI=1S/C16H22N2O2/c17-16(19)14-3-1-2-12(8-14)9-18(15-4-5-15)10-13-6-7-20-11-13/h1-3,8,13,15H,4-7,9-11H2,(H2,17,19). The molecule has 1 aliphatic heterocycles. The molecule has 2 N–H and O–H groups in total. The van der Waals surface area contributed by atoms with Gasteiger partial charge in [0.05, 0.1) is 6.61 Å². The van der Waals surface area contributed by atoms with E-state index < -0.39 is 0 Å². The summed E-state index contributed by atoms with van der Waals surface area (Å²) in [4.78, 5) is 13.8. The van der Waals surface area contributed by atoms with Gasteiger partial charge in [-0.15, -0.1) is 0 Å². The maximum absolute atomic E-state index is 11.3. The molecule has 1 unspecified atom stereocenters. The zero-order valence-corrected chi connectivity index (χ0v) is 11.8. The Morgan fingerprint density at radius 3 is 2.85 bits per heavy atom. The first-order chi connectivity index (χ1) is 9.72. The molecule has 0 radical (unpaired) electrons. The van der Waals surface area contributed by atoms with Gasteiger partial charge in [-0.3, -0.25) is 9.69 Å². The quantitative estimate of drug-likeness (QED) is 0.860. The van der Waals surface area contributed by atoms with Crippen LogP contribution in [0.15, 0.2) is 24.3 Å². The third-order valence-electron chi connectivity index (χ3n) is 4.18. The van der Waals surface area contributed by atoms with E-state index in [4.69, 9.17) is 10.5 Å². The topological polar surface area (TPSA) is 55.6 Å². The van der Waals surface area contributed by atoms with Crippen LogP contribution in [0, 0.1) is 5.92 Å². The minimum absolute atomic E-state index is 0.353. The first kappa shape index (κ1) is 13.6. The molecule has 1 saturated heterocycles. The smallest absolute Gasteiger partial charge is 0.248 e. The van der Waals surface area contributed by atoms with Crippen molar-refractivity contribution in [2.24, 2.45) is 11.7 Å². The molecule has 0 aromatic heterocycles. The molecule has 0 spiro atoms. The van der Waals surface area contributed by atoms with Crippen LogP contribution in [0.2, 0.25) is 0 Å². The van der Waals surface area contributed by atoms with E-state index in [0.29, 0.717) is 17.5 Å². The summed E-state index contributed by atoms with van der Waals surface area (Å²) >= 11 is 0. The van der Waals surface area contributed by atoms with Gasteiger partial charge in [-0.2, -0.15) is 0 Å². The number of benzene rings is 1. The lowest BCUT2D eigenvalue weighted by Gasteiger charge is -2.25. The number of nitrogens with zero attached hydrogens (tertiary/aromatic N) is 1. The van der Waals surface area contributed by atoms with Gasteiger partial charge in [0.25, 0.3) is 0 Å². The predicted molar refractivity (Wildman–Crippen MR) is 77.3 cm³/mol. The van der Waals surface area contributed by atoms with Gasteiger partial charge in [-0.1, -0.05) is 12.1 Å². The number of hydrogen-bond donors (Lipinski definition) is 1. The molecule has 1 aliphatic carbocycles. The maximum Gasteiger partial charge on any atom is 0.248 e. The second-order valence-electron chi connectivity index (χ2n) is 5.95. The van der Waals surface area contributed by atoms with Crippen LogP contribution in [0.25, 0.3) is 0 Å². The van der Waals surface area contributed by atoms with E-state index in [1.165, 1.54) is 24.8 Å². The molecular formula is C16H22N2O2. The van der Waals surface area contributed by atoms with Gasteiger partial charge in [0, 0.05) is 31.3 Å². The van der Waals surface area contributed by atoms with E-state index in [0.717, 1.165) is 26.3 Å². The molecule has 1 aromatic rings. The Kier molecular flexibility index (Phi) is 4.03. The number of amides is 1. The van der Waals surface area contributed by atoms with Gasteiger partial charge in [0.1, 0.15) is 0 Å². The zero-order chi connectivity index (χ0) is 13.9. The Bertz CT molecular complexity index is 479. The van der Waals surface area contributed by atoms with Crippen LogP contribution >= 0.6 is 0 Å². The molecular weight excluding hydrogens is 252 g/mol. The highest BCUT2D eigenvalue weighted by molar-refractivity contribution is 5.92. The maximum atomic E-state index is 11.3. The van der Waals surface area contributed by atoms with Crippen molar-refractivity contribution in [3.63, 3.8) is 0 Å². The lowest BCUT2D eigenvalue weighted by Crippen LogP contribution is -2.31. The van der Waals surface area contributed by atoms with Crippen molar-refractivity contribution in [1.82, 2.24) is 4.90 Å². The van der Waals surface area contributed by atoms with Crippen molar-refractivity contribution in [2.45, 2.75) is 31.8 Å². The number of rotatable bonds is 6. The Labute approximate surface area is 119 Å². The van der Waals surface area contributed by atoms with Gasteiger partial charge in [-0.25, -0.2) is 0 Å². The molecule has 1 amide bonds. The lowest BCUT2D eigenvalue weighted by atomic mass is 10.1. The van der Waals surface area contributed by atoms with Gasteiger partial charge >= 0.3 is 0 Å². The predicted octanol–water partition coefficient (Wildman–Crippen LogP) is 1.79. The third-order valence-corrected chi connectivity index (χ3v) is 4.18. The summed E-state index contributed by atoms with van der Waals surface area (Å²) in [6.07, 6.45) is 3.76. The van der Waals surface area contributed by atoms with Crippen LogP contribution in [0.1, 0.15) is 35.2 Å². The van der Waals surface area contributed by atoms with Crippen LogP contribution in [0.5, 0.6) is 0 Å². The average molecular weight is 274 g/mol. The largest absolute Gasteiger partial charge is 0.381 e. The van der Waals surface area contributed by atoms with Crippen LogP contribution in [-0.2, 0) is 11.3 Å². The van der Waals surface area contributed by atoms with E-state index >= 15 is 0 Å². The average Bonchev–Trinajstić information content (AvgIpc) is 3.17. The van der Waals surface area contributed by atoms with Crippen molar-refractivity contribution < 1.29 is 9.53 Å². The second-order valence-corrected chi connectivity index (χ2v) is 5.95. The Morgan fingerprint density at radius 2 is 2.20 bits per heavy atom. The number of carbonyl (C=O) groups is 1. The minimum Gasteiger partial charge on any atom is -0.381 e. The van der Waals surface area contributed by atoms with Crippen LogP contribution in [0.4, 0.5) is 0 Å². The number of ether oxygens (including phenoxy) is 1. The fourth-order valence-electron chi connectivity index (χ4n) is 2.90. The van der Waals surface area contributed by atoms with Crippen molar-refractivity contribution in [1.29, 1.82) is 0 Å². The Morgan fingerprint density at radius 1 is 1.35 bits per heavy atom. The summed E-state index contributed by atoms with van der Waals surface area (Å²) in [5.41, 5.74) is 7.12. The van der Waals surface area contributed by atoms with E-state index in [1.54, 1.807) is 6.07 Å². The van der Waals surface area contributed by atoms with Crippen molar-refractivity contribution in [2.75, 3.05) is 19.8 Å². The Balaban J connectivity index is 1.66. The highest BCUT2D eigenvalue weighted by atomic mass is 16.5. The highest BCUT2D eigenvalue weighted by Gasteiger charge is 2.31. The molecule has 20 heavy (non-hydrogen) atoms. The van der Waals surface area contributed by atoms with Crippen molar-refractivity contribution >= 4 is 5.91 Å². The van der Waals surface area contributed by atoms with Crippen molar-refractivity contribution in [3.05, 3.63) is 35.4 Å². The molecule has 3 rings (SSSR count). The van der Waals surface area contributed by atoms with Gasteiger partial charge in [0.15, 0.2) is 0 Å². The van der Waals surface area contributed by atoms with Gasteiger partial charge in [-0.05, 0) is 42.9 Å². The van der Waals surface area contributed by atoms with E-state index in [1.807, 2.05) is 12.1 Å². The molecule has 0 bridgehead atoms. The first-order valence-electron chi connectivity index (χ1n) is 7.43. The summed E-state index contributed by atoms with van der Waals surface area (Å²) in [6.45, 7) is 3.80. The first-order valence-corrected chi connectivity index (χ1v) is 7.43. The third kappa shape index (κ3) is 3.38. The zero-order valence-electron chi connectivity index (χ0n) is 11.8. The number of carbonyl (C=O) groups excluding carboxylic acids is 1. The van der Waals surface area contributed by atoms with E-state index in [-0.39, 0.29) is 5.91 Å². The molecule has 4 nitrogen and oxygen atoms in total. The molecule has 1 atom stereocenters. The fourth-order valence-corrected chi connectivity index (χ4v) is 2.90. The summed E-state index contributed by atoms with van der Waals surface area (Å²) < 4.78 is 5.47. The van der Waals surface area contributed by atoms with Crippen LogP contribution in [0.3, 0.4) is 0 Å². The normalized spacial score (nSPS) is 22.4. The molecule has 4 heteroatoms. The summed E-state index contributed by atoms with van der Waals surface area (Å²) in [5.74, 6) is 0.309. The number of hydrogen-bond acceptors (Lipinski definition) is 3. The SMILES string of the molecule is NC(=O)c1cccc(CN(CC2CCOC2)C2CC2)c1. The van der Waals surface area contributed by atoms with E-state index in [2.05, 4.69) is 11.0 Å². The summed E-state index contributed by atoms with van der Waals surface area (Å²) in [7, 11) is 0. The number of nitrogens with two attached hydrogens (primary N) is 1. The van der Waals surface area contributed by atoms with Crippen LogP contribution < -0.4 is 5.73 Å². The summed E-state index contributed by atoms with van der Waals surface area (Å²) in [6, 6.07) is 8.40. The van der Waals surface area contributed by atoms with Crippen molar-refractivity contribution in [3.8, 4) is 0 Å². The molecule has 2 fully saturated rings. The summed E-state index contributed by atoms with van der Waals surface area (Å²) in [5, 5.41) is 0. The van der Waals surface area contributed by atoms with E-state index in [9.17, 15) is 4.79 Å². The molecule has 108 valence electrons. The lowest BCUT2D eigenvalue weighted by molar-refractivity contribution is 0.1000. The monoisotopic (exact) mass is 274 g/mol. The highest BCUT2D eigenvalue weighted by Crippen LogP contribution is 2.30.